The van der Waals surface area contributed by atoms with E-state index >= 15 is 0 Å². The Morgan fingerprint density at radius 3 is 1.48 bits per heavy atom. The van der Waals surface area contributed by atoms with Crippen molar-refractivity contribution in [1.82, 2.24) is 0 Å². The topological polar surface area (TPSA) is 34.1 Å². The first kappa shape index (κ1) is 22.2. The molecule has 2 aliphatic carbocycles. The monoisotopic (exact) mass is 414 g/mol. The van der Waals surface area contributed by atoms with E-state index in [0.717, 1.165) is 16.9 Å². The standard InChI is InChI=1S/C18H14O2P.C5H5.Fe/c19-14-15-8-7-13-18(15)21(20,16-9-3-1-4-10-16)17-11-5-2-6-12-17;1-2-4-5-3-1;/h1-14H;1-5H;/q;;+2. The fraction of sp³-hybridized carbons (Fsp3) is 0. The third-order valence-electron chi connectivity index (χ3n) is 4.09. The summed E-state index contributed by atoms with van der Waals surface area (Å²) in [5.74, 6) is 0.492. The number of carbonyl (C=O) groups excluding carboxylic acids is 1. The number of hydrogen-bond acceptors (Lipinski definition) is 2. The van der Waals surface area contributed by atoms with Crippen molar-refractivity contribution >= 4 is 24.0 Å². The van der Waals surface area contributed by atoms with Crippen LogP contribution in [-0.4, -0.2) is 6.29 Å². The van der Waals surface area contributed by atoms with E-state index in [1.165, 1.54) is 0 Å². The van der Waals surface area contributed by atoms with E-state index in [2.05, 4.69) is 0 Å². The van der Waals surface area contributed by atoms with Crippen molar-refractivity contribution in [2.24, 2.45) is 0 Å². The minimum Gasteiger partial charge on any atom is -0.313 e. The molecule has 2 aromatic rings. The Morgan fingerprint density at radius 1 is 0.630 bits per heavy atom. The first-order valence-corrected chi connectivity index (χ1v) is 10.1. The van der Waals surface area contributed by atoms with Gasteiger partial charge < -0.3 is 9.36 Å². The van der Waals surface area contributed by atoms with Gasteiger partial charge in [0.15, 0.2) is 7.14 Å². The zero-order valence-electron chi connectivity index (χ0n) is 14.6. The quantitative estimate of drug-likeness (QED) is 0.432. The summed E-state index contributed by atoms with van der Waals surface area (Å²) in [5, 5.41) is 1.48. The Morgan fingerprint density at radius 2 is 1.07 bits per heavy atom. The van der Waals surface area contributed by atoms with Crippen LogP contribution in [0.5, 0.6) is 0 Å². The molecule has 2 fully saturated rings. The summed E-state index contributed by atoms with van der Waals surface area (Å²) in [7, 11) is -3.01. The van der Waals surface area contributed by atoms with Crippen LogP contribution in [0.15, 0.2) is 60.7 Å². The van der Waals surface area contributed by atoms with Gasteiger partial charge in [0.25, 0.3) is 0 Å². The summed E-state index contributed by atoms with van der Waals surface area (Å²) in [6, 6.07) is 18.7. The summed E-state index contributed by atoms with van der Waals surface area (Å²) in [5.41, 5.74) is 0.606. The maximum absolute atomic E-state index is 13.9. The number of carbonyl (C=O) groups is 1. The zero-order valence-corrected chi connectivity index (χ0v) is 16.6. The van der Waals surface area contributed by atoms with E-state index in [0.29, 0.717) is 11.6 Å². The van der Waals surface area contributed by atoms with Crippen LogP contribution in [0.3, 0.4) is 0 Å². The minimum atomic E-state index is -3.01. The van der Waals surface area contributed by atoms with Crippen molar-refractivity contribution in [2.75, 3.05) is 0 Å². The molecule has 27 heavy (non-hydrogen) atoms. The van der Waals surface area contributed by atoms with Gasteiger partial charge in [-0.1, -0.05) is 60.7 Å². The van der Waals surface area contributed by atoms with Crippen LogP contribution in [0.2, 0.25) is 0 Å². The molecule has 4 rings (SSSR count). The fourth-order valence-electron chi connectivity index (χ4n) is 2.83. The molecule has 0 aromatic heterocycles. The van der Waals surface area contributed by atoms with Gasteiger partial charge in [-0.3, -0.25) is 0 Å². The Hall–Kier alpha value is -1.14. The van der Waals surface area contributed by atoms with Gasteiger partial charge in [0.1, 0.15) is 6.29 Å². The SMILES string of the molecule is O=C[C]1[CH][CH][CH][C]1P(=O)(c1ccccc1)c1ccccc1.[CH]1[CH][CH][CH][CH]1.[Fe+2]. The van der Waals surface area contributed by atoms with Crippen LogP contribution < -0.4 is 10.6 Å². The molecular weight excluding hydrogens is 395 g/mol. The Bertz CT molecular complexity index is 677. The third kappa shape index (κ3) is 5.23. The van der Waals surface area contributed by atoms with Gasteiger partial charge in [0.05, 0.1) is 11.6 Å². The third-order valence-corrected chi connectivity index (χ3v) is 7.22. The van der Waals surface area contributed by atoms with Crippen LogP contribution in [0.1, 0.15) is 0 Å². The van der Waals surface area contributed by atoms with Gasteiger partial charge in [0.2, 0.25) is 0 Å². The van der Waals surface area contributed by atoms with Crippen LogP contribution in [-0.2, 0) is 26.4 Å². The van der Waals surface area contributed by atoms with E-state index < -0.39 is 7.14 Å². The fourth-order valence-corrected chi connectivity index (χ4v) is 5.66. The van der Waals surface area contributed by atoms with Crippen molar-refractivity contribution in [3.05, 3.63) is 124 Å². The predicted molar refractivity (Wildman–Crippen MR) is 107 cm³/mol. The summed E-state index contributed by atoms with van der Waals surface area (Å²) in [6.07, 6.45) is 16.0. The maximum Gasteiger partial charge on any atom is 2.00 e. The van der Waals surface area contributed by atoms with Gasteiger partial charge in [-0.2, -0.15) is 0 Å². The number of rotatable bonds is 4. The van der Waals surface area contributed by atoms with E-state index in [1.807, 2.05) is 92.8 Å². The first-order chi connectivity index (χ1) is 12.8. The van der Waals surface area contributed by atoms with Gasteiger partial charge >= 0.3 is 17.1 Å². The van der Waals surface area contributed by atoms with Gasteiger partial charge in [-0.25, -0.2) is 0 Å². The summed E-state index contributed by atoms with van der Waals surface area (Å²) in [6.45, 7) is 0. The maximum atomic E-state index is 13.9. The van der Waals surface area contributed by atoms with Crippen LogP contribution in [0.25, 0.3) is 0 Å². The van der Waals surface area contributed by atoms with Gasteiger partial charge in [-0.05, 0) is 51.4 Å². The first-order valence-electron chi connectivity index (χ1n) is 8.36. The second kappa shape index (κ2) is 11.0. The van der Waals surface area contributed by atoms with Crippen molar-refractivity contribution < 1.29 is 26.4 Å². The van der Waals surface area contributed by atoms with Crippen molar-refractivity contribution in [2.45, 2.75) is 0 Å². The molecule has 4 heteroatoms. The smallest absolute Gasteiger partial charge is 0.313 e. The molecule has 0 bridgehead atoms. The van der Waals surface area contributed by atoms with Crippen LogP contribution in [0.4, 0.5) is 0 Å². The molecule has 0 heterocycles. The predicted octanol–water partition coefficient (Wildman–Crippen LogP) is 3.95. The second-order valence-corrected chi connectivity index (χ2v) is 8.46. The molecule has 2 aliphatic rings. The second-order valence-electron chi connectivity index (χ2n) is 5.73. The molecule has 0 amide bonds. The summed E-state index contributed by atoms with van der Waals surface area (Å²) >= 11 is 0. The van der Waals surface area contributed by atoms with E-state index in [-0.39, 0.29) is 17.1 Å². The normalized spacial score (nSPS) is 17.6. The molecule has 0 atom stereocenters. The van der Waals surface area contributed by atoms with E-state index in [1.54, 1.807) is 19.3 Å². The largest absolute Gasteiger partial charge is 2.00 e. The zero-order chi connectivity index (χ0) is 18.2. The number of hydrogen-bond donors (Lipinski definition) is 0. The van der Waals surface area contributed by atoms with Gasteiger partial charge in [0, 0.05) is 10.6 Å². The Labute approximate surface area is 174 Å². The van der Waals surface area contributed by atoms with Crippen molar-refractivity contribution in [3.8, 4) is 0 Å². The van der Waals surface area contributed by atoms with Crippen molar-refractivity contribution in [3.63, 3.8) is 0 Å². The summed E-state index contributed by atoms with van der Waals surface area (Å²) in [4.78, 5) is 11.3. The molecule has 2 saturated carbocycles. The summed E-state index contributed by atoms with van der Waals surface area (Å²) < 4.78 is 13.9. The number of aldehydes is 1. The molecule has 0 saturated heterocycles. The molecule has 0 aliphatic heterocycles. The van der Waals surface area contributed by atoms with Crippen LogP contribution in [0, 0.1) is 62.9 Å². The molecule has 2 nitrogen and oxygen atoms in total. The molecular formula is C23H19FeO2P+2. The molecule has 0 N–H and O–H groups in total. The number of benzene rings is 2. The molecule has 0 spiro atoms. The van der Waals surface area contributed by atoms with Gasteiger partial charge in [-0.15, -0.1) is 0 Å². The minimum absolute atomic E-state index is 0. The molecule has 0 unspecified atom stereocenters. The Kier molecular flexibility index (Phi) is 9.03. The Balaban J connectivity index is 0.000000379. The van der Waals surface area contributed by atoms with Crippen LogP contribution >= 0.6 is 7.14 Å². The molecule has 10 radical (unpaired) electrons. The van der Waals surface area contributed by atoms with Crippen molar-refractivity contribution in [1.29, 1.82) is 0 Å². The van der Waals surface area contributed by atoms with E-state index in [9.17, 15) is 9.36 Å². The average molecular weight is 414 g/mol. The molecule has 134 valence electrons. The molecule has 2 aromatic carbocycles. The average Bonchev–Trinajstić information content (AvgIpc) is 3.43. The van der Waals surface area contributed by atoms with E-state index in [4.69, 9.17) is 0 Å².